The maximum atomic E-state index is 13.5. The first kappa shape index (κ1) is 66.0. The minimum atomic E-state index is -0.329. The molecule has 20 nitrogen and oxygen atoms in total. The molecule has 0 radical (unpaired) electrons. The van der Waals surface area contributed by atoms with Crippen LogP contribution < -0.4 is 32.7 Å². The number of nitrogen functional groups attached to an aromatic ring is 2. The Morgan fingerprint density at radius 1 is 0.596 bits per heavy atom. The summed E-state index contributed by atoms with van der Waals surface area (Å²) in [5.74, 6) is 0.647. The number of nitrogens with one attached hydrogen (secondary N) is 4. The van der Waals surface area contributed by atoms with Crippen LogP contribution in [0.1, 0.15) is 102 Å². The van der Waals surface area contributed by atoms with Crippen molar-refractivity contribution in [2.75, 3.05) is 48.5 Å². The van der Waals surface area contributed by atoms with E-state index in [2.05, 4.69) is 101 Å². The van der Waals surface area contributed by atoms with E-state index in [4.69, 9.17) is 30.2 Å². The van der Waals surface area contributed by atoms with Gasteiger partial charge in [-0.25, -0.2) is 38.7 Å². The molecule has 13 rings (SSSR count). The number of hydrogen-bond acceptors (Lipinski definition) is 16. The lowest BCUT2D eigenvalue weighted by Gasteiger charge is -2.32. The van der Waals surface area contributed by atoms with Gasteiger partial charge in [-0.2, -0.15) is 0 Å². The van der Waals surface area contributed by atoms with Crippen molar-refractivity contribution in [2.45, 2.75) is 77.9 Å². The van der Waals surface area contributed by atoms with Crippen molar-refractivity contribution < 1.29 is 37.2 Å². The lowest BCUT2D eigenvalue weighted by molar-refractivity contribution is 0.00578. The number of aryl methyl sites for hydroxylation is 2. The first-order chi connectivity index (χ1) is 45.1. The average Bonchev–Trinajstić information content (AvgIpc) is 1.77. The number of fused-ring (bicyclic) bond motifs is 2. The van der Waals surface area contributed by atoms with Crippen molar-refractivity contribution in [1.82, 2.24) is 49.7 Å². The number of halogens is 3. The molecule has 2 amide bonds. The molecule has 0 saturated carbocycles. The van der Waals surface area contributed by atoms with Crippen LogP contribution in [0.2, 0.25) is 0 Å². The van der Waals surface area contributed by atoms with Crippen molar-refractivity contribution in [3.05, 3.63) is 218 Å². The quantitative estimate of drug-likeness (QED) is 0.0388. The van der Waals surface area contributed by atoms with Crippen molar-refractivity contribution in [2.24, 2.45) is 14.1 Å². The number of rotatable bonds is 16. The maximum Gasteiger partial charge on any atom is 0.492 e. The molecule has 94 heavy (non-hydrogen) atoms. The molecular weight excluding hydrogens is 1310 g/mol. The van der Waals surface area contributed by atoms with Crippen LogP contribution in [-0.2, 0) is 46.0 Å². The highest BCUT2D eigenvalue weighted by Crippen LogP contribution is 2.40. The van der Waals surface area contributed by atoms with Gasteiger partial charge in [-0.1, -0.05) is 84.9 Å². The molecule has 24 heteroatoms. The number of amides is 2. The lowest BCUT2D eigenvalue weighted by atomic mass is 9.79. The van der Waals surface area contributed by atoms with Crippen LogP contribution in [0.3, 0.4) is 0 Å². The molecule has 3 aliphatic heterocycles. The van der Waals surface area contributed by atoms with Gasteiger partial charge in [0.25, 0.3) is 11.8 Å². The average molecular weight is 1380 g/mol. The minimum Gasteiger partial charge on any atom is -0.400 e. The summed E-state index contributed by atoms with van der Waals surface area (Å²) in [5.41, 5.74) is 24.7. The van der Waals surface area contributed by atoms with Crippen molar-refractivity contribution in [3.63, 3.8) is 0 Å². The van der Waals surface area contributed by atoms with E-state index in [9.17, 15) is 18.4 Å². The van der Waals surface area contributed by atoms with E-state index in [1.165, 1.54) is 36.9 Å². The van der Waals surface area contributed by atoms with Crippen LogP contribution in [0.15, 0.2) is 164 Å². The first-order valence-corrected chi connectivity index (χ1v) is 31.6. The Balaban J connectivity index is 0.000000160. The number of nitrogens with zero attached hydrogens (tertiary/aromatic N) is 8. The summed E-state index contributed by atoms with van der Waals surface area (Å²) in [5, 5.41) is 14.3. The molecule has 3 aliphatic rings. The van der Waals surface area contributed by atoms with E-state index < -0.39 is 0 Å². The molecule has 0 unspecified atom stereocenters. The molecule has 8 N–H and O–H groups in total. The number of carbonyl (C=O) groups is 2. The largest absolute Gasteiger partial charge is 0.492 e. The predicted octanol–water partition coefficient (Wildman–Crippen LogP) is 12.3. The Morgan fingerprint density at radius 2 is 1.04 bits per heavy atom. The van der Waals surface area contributed by atoms with Gasteiger partial charge in [-0.05, 0) is 151 Å². The summed E-state index contributed by atoms with van der Waals surface area (Å²) in [6.45, 7) is 15.2. The van der Waals surface area contributed by atoms with Gasteiger partial charge in [-0.3, -0.25) is 9.59 Å². The second kappa shape index (κ2) is 28.4. The summed E-state index contributed by atoms with van der Waals surface area (Å²) in [4.78, 5) is 52.7. The Kier molecular flexibility index (Phi) is 19.9. The topological polar surface area (TPSA) is 258 Å². The second-order valence-corrected chi connectivity index (χ2v) is 25.4. The van der Waals surface area contributed by atoms with Crippen LogP contribution in [-0.4, -0.2) is 95.6 Å². The standard InChI is InChI=1S/C32H30FN7O2.C28H25FIN7O.C10H17BO3/c1-19(21-7-9-25(33)10-8-21)39-32(41)26-13-24(23-11-12-42-17-23)15-36-30(26)35-14-20-3-5-22(6-4-20)27-16-40(2)31-28(27)29(34)37-18-38-31;1-16(18-7-9-20(29)10-8-18)36-28(38)22-11-21(30)13-33-26(22)32-12-17-3-5-19(6-4-17)23-14-37(2)27-24(23)25(31)34-15-35-27;1-9(2)10(3,4)14-11(13-9)8-5-6-12-7-8/h3-11,13,15-16,18-19H,12,14,17H2,1-2H3,(H,35,36)(H,39,41)(H2,34,37,38);3-11,13-16H,12H2,1-2H3,(H,32,33)(H,36,38)(H2,31,34,35);5H,6-7H2,1-4H3/t19-;16-;/m00./s1. The first-order valence-electron chi connectivity index (χ1n) is 30.5. The number of anilines is 4. The number of hydrogen-bond donors (Lipinski definition) is 6. The monoisotopic (exact) mass is 1380 g/mol. The van der Waals surface area contributed by atoms with Gasteiger partial charge >= 0.3 is 7.12 Å². The fraction of sp³-hybridized carbons (Fsp3) is 0.257. The van der Waals surface area contributed by atoms with E-state index in [1.54, 1.807) is 42.7 Å². The van der Waals surface area contributed by atoms with E-state index in [1.807, 2.05) is 116 Å². The third-order valence-electron chi connectivity index (χ3n) is 17.0. The SMILES string of the molecule is CC1(C)OB(C2=CCOC2)OC1(C)C.C[C@H](NC(=O)c1cc(C2=CCOC2)cnc1NCc1ccc(-c2cn(C)c3ncnc(N)c23)cc1)c1ccc(F)cc1.C[C@H](NC(=O)c1cc(I)cnc1NCc1ccc(-c2cn(C)c3ncnc(N)c23)cc1)c1ccc(F)cc1. The summed E-state index contributed by atoms with van der Waals surface area (Å²) in [6, 6.07) is 31.4. The van der Waals surface area contributed by atoms with Crippen LogP contribution in [0.4, 0.5) is 32.1 Å². The lowest BCUT2D eigenvalue weighted by Crippen LogP contribution is -2.41. The maximum absolute atomic E-state index is 13.5. The molecule has 482 valence electrons. The highest BCUT2D eigenvalue weighted by molar-refractivity contribution is 14.1. The van der Waals surface area contributed by atoms with Gasteiger partial charge < -0.3 is 60.7 Å². The van der Waals surface area contributed by atoms with Gasteiger partial charge in [0.15, 0.2) is 0 Å². The second-order valence-electron chi connectivity index (χ2n) is 24.1. The Morgan fingerprint density at radius 3 is 1.49 bits per heavy atom. The Labute approximate surface area is 557 Å². The molecule has 0 spiro atoms. The Bertz CT molecular complexity index is 4450. The summed E-state index contributed by atoms with van der Waals surface area (Å²) < 4.78 is 53.9. The highest BCUT2D eigenvalue weighted by Gasteiger charge is 2.52. The minimum absolute atomic E-state index is 0.220. The fourth-order valence-corrected chi connectivity index (χ4v) is 11.4. The number of ether oxygens (including phenoxy) is 2. The van der Waals surface area contributed by atoms with E-state index in [-0.39, 0.29) is 53.9 Å². The van der Waals surface area contributed by atoms with Gasteiger partial charge in [0, 0.05) is 66.7 Å². The van der Waals surface area contributed by atoms with Crippen LogP contribution in [0, 0.1) is 15.2 Å². The van der Waals surface area contributed by atoms with Crippen LogP contribution in [0.25, 0.3) is 49.9 Å². The summed E-state index contributed by atoms with van der Waals surface area (Å²) >= 11 is 2.13. The van der Waals surface area contributed by atoms with Crippen LogP contribution in [0.5, 0.6) is 0 Å². The van der Waals surface area contributed by atoms with Crippen molar-refractivity contribution in [1.29, 1.82) is 0 Å². The molecule has 0 aliphatic carbocycles. The normalized spacial score (nSPS) is 15.3. The van der Waals surface area contributed by atoms with Gasteiger partial charge in [0.1, 0.15) is 58.9 Å². The molecule has 4 aromatic carbocycles. The summed E-state index contributed by atoms with van der Waals surface area (Å²) in [6.07, 6.45) is 14.4. The van der Waals surface area contributed by atoms with Gasteiger partial charge in [0.2, 0.25) is 0 Å². The number of benzene rings is 4. The van der Waals surface area contributed by atoms with E-state index in [0.717, 1.165) is 86.8 Å². The number of nitrogens with two attached hydrogens (primary N) is 2. The molecule has 10 aromatic rings. The number of aromatic nitrogens is 8. The Hall–Kier alpha value is -9.47. The zero-order valence-electron chi connectivity index (χ0n) is 53.3. The molecule has 1 fully saturated rings. The third kappa shape index (κ3) is 15.0. The van der Waals surface area contributed by atoms with Gasteiger partial charge in [0.05, 0.1) is 71.6 Å². The molecule has 2 atom stereocenters. The molecular formula is C70H72BF2IN14O6. The third-order valence-corrected chi connectivity index (χ3v) is 17.6. The summed E-state index contributed by atoms with van der Waals surface area (Å²) in [7, 11) is 3.64. The molecule has 1 saturated heterocycles. The number of carbonyl (C=O) groups excluding carboxylic acids is 2. The van der Waals surface area contributed by atoms with Crippen molar-refractivity contribution in [3.8, 4) is 22.3 Å². The van der Waals surface area contributed by atoms with E-state index >= 15 is 0 Å². The van der Waals surface area contributed by atoms with E-state index in [0.29, 0.717) is 73.9 Å². The van der Waals surface area contributed by atoms with Gasteiger partial charge in [-0.15, -0.1) is 0 Å². The molecule has 9 heterocycles. The number of pyridine rings is 2. The highest BCUT2D eigenvalue weighted by atomic mass is 127. The predicted molar refractivity (Wildman–Crippen MR) is 371 cm³/mol. The smallest absolute Gasteiger partial charge is 0.400 e. The van der Waals surface area contributed by atoms with Crippen molar-refractivity contribution >= 4 is 92.4 Å². The fourth-order valence-electron chi connectivity index (χ4n) is 11.0. The zero-order valence-corrected chi connectivity index (χ0v) is 55.5. The molecule has 0 bridgehead atoms. The molecule has 6 aromatic heterocycles. The van der Waals surface area contributed by atoms with Crippen LogP contribution >= 0.6 is 22.6 Å². The zero-order chi connectivity index (χ0) is 66.4.